The van der Waals surface area contributed by atoms with Crippen LogP contribution in [0.1, 0.15) is 124 Å². The predicted molar refractivity (Wildman–Crippen MR) is 275 cm³/mol. The summed E-state index contributed by atoms with van der Waals surface area (Å²) in [5.41, 5.74) is 1.91. The average molecular weight is 1050 g/mol. The molecule has 5 N–H and O–H groups in total. The number of H-pyrrole nitrogens is 2. The van der Waals surface area contributed by atoms with E-state index >= 15 is 0 Å². The van der Waals surface area contributed by atoms with Crippen LogP contribution >= 0.6 is 0 Å². The molecule has 6 aromatic heterocycles. The molecule has 2 saturated heterocycles. The number of imidazole rings is 4. The van der Waals surface area contributed by atoms with Crippen LogP contribution in [0.2, 0.25) is 33.2 Å². The molecule has 0 aromatic carbocycles. The quantitative estimate of drug-likeness (QED) is 0.0449. The average Bonchev–Trinajstić information content (AvgIpc) is 4.14. The van der Waals surface area contributed by atoms with Gasteiger partial charge in [0.1, 0.15) is 18.3 Å². The maximum atomic E-state index is 12.7. The summed E-state index contributed by atoms with van der Waals surface area (Å²) in [6.07, 6.45) is 0.586. The number of aromatic amines is 2. The summed E-state index contributed by atoms with van der Waals surface area (Å²) in [6.45, 7) is 27.2. The molecule has 0 bridgehead atoms. The molecule has 72 heavy (non-hydrogen) atoms. The molecule has 8 atom stereocenters. The van der Waals surface area contributed by atoms with Crippen LogP contribution in [0.4, 0.5) is 9.59 Å². The molecule has 2 aliphatic rings. The maximum Gasteiger partial charge on any atom is 0.506 e. The zero-order valence-electron chi connectivity index (χ0n) is 42.0. The van der Waals surface area contributed by atoms with Crippen LogP contribution in [0.5, 0.6) is 0 Å². The van der Waals surface area contributed by atoms with Crippen molar-refractivity contribution < 1.29 is 52.7 Å². The van der Waals surface area contributed by atoms with E-state index in [1.807, 2.05) is 6.92 Å². The maximum absolute atomic E-state index is 12.7. The Morgan fingerprint density at radius 1 is 0.611 bits per heavy atom. The van der Waals surface area contributed by atoms with E-state index in [9.17, 15) is 34.5 Å². The molecule has 23 nitrogen and oxygen atoms in total. The smallest absolute Gasteiger partial charge is 0.450 e. The molecule has 0 aliphatic carbocycles. The molecule has 8 rings (SSSR count). The van der Waals surface area contributed by atoms with Gasteiger partial charge >= 0.3 is 12.3 Å². The van der Waals surface area contributed by atoms with E-state index in [0.29, 0.717) is 29.3 Å². The Morgan fingerprint density at radius 3 is 1.28 bits per heavy atom. The zero-order chi connectivity index (χ0) is 51.3. The number of rotatable bonds is 16. The third-order valence-corrected chi connectivity index (χ3v) is 26.6. The zero-order valence-corrected chi connectivity index (χ0v) is 44.0. The highest BCUT2D eigenvalue weighted by molar-refractivity contribution is 6.78. The van der Waals surface area contributed by atoms with E-state index in [0.717, 1.165) is 0 Å². The number of aliphatic hydroxyl groups excluding tert-OH is 1. The van der Waals surface area contributed by atoms with Crippen LogP contribution in [0.3, 0.4) is 0 Å². The Labute approximate surface area is 420 Å². The summed E-state index contributed by atoms with van der Waals surface area (Å²) >= 11 is 0. The van der Waals surface area contributed by atoms with Gasteiger partial charge in [0.2, 0.25) is 28.2 Å². The monoisotopic (exact) mass is 1040 g/mol. The molecular weight excluding hydrogens is 969 g/mol. The van der Waals surface area contributed by atoms with Crippen LogP contribution in [0.25, 0.3) is 33.9 Å². The van der Waals surface area contributed by atoms with Gasteiger partial charge in [-0.05, 0) is 39.7 Å². The minimum absolute atomic E-state index is 0. The number of hydrogen-bond acceptors (Lipinski definition) is 15. The van der Waals surface area contributed by atoms with Crippen LogP contribution in [0.15, 0.2) is 47.0 Å². The van der Waals surface area contributed by atoms with Crippen LogP contribution < -0.4 is 11.1 Å². The highest BCUT2D eigenvalue weighted by Crippen LogP contribution is 2.49. The number of fused-ring (bicyclic) bond motifs is 6. The van der Waals surface area contributed by atoms with E-state index in [2.05, 4.69) is 113 Å². The van der Waals surface area contributed by atoms with Crippen molar-refractivity contribution in [2.24, 2.45) is 0 Å². The van der Waals surface area contributed by atoms with Gasteiger partial charge in [-0.3, -0.25) is 37.5 Å². The molecule has 0 spiro atoms. The molecule has 0 radical (unpaired) electrons. The van der Waals surface area contributed by atoms with Crippen molar-refractivity contribution in [3.05, 3.63) is 58.1 Å². The second kappa shape index (κ2) is 22.4. The third-order valence-electron chi connectivity index (χ3n) is 14.4. The Bertz CT molecular complexity index is 2680. The summed E-state index contributed by atoms with van der Waals surface area (Å²) in [7, 11) is -5.03. The van der Waals surface area contributed by atoms with E-state index in [4.69, 9.17) is 27.8 Å². The predicted octanol–water partition coefficient (Wildman–Crippen LogP) is 8.46. The summed E-state index contributed by atoms with van der Waals surface area (Å²) in [6, 6.07) is 0. The number of aromatic nitrogens is 10. The number of carboxylic acid groups (broad SMARTS) is 2. The van der Waals surface area contributed by atoms with E-state index in [1.54, 1.807) is 49.1 Å². The van der Waals surface area contributed by atoms with Crippen LogP contribution in [-0.2, 0) is 27.8 Å². The van der Waals surface area contributed by atoms with Crippen molar-refractivity contribution in [3.63, 3.8) is 0 Å². The van der Waals surface area contributed by atoms with Gasteiger partial charge in [-0.15, -0.1) is 0 Å². The fourth-order valence-electron chi connectivity index (χ4n) is 11.7. The van der Waals surface area contributed by atoms with Crippen molar-refractivity contribution in [2.45, 2.75) is 194 Å². The largest absolute Gasteiger partial charge is 0.506 e. The van der Waals surface area contributed by atoms with Crippen LogP contribution in [-0.4, -0.2) is 135 Å². The molecule has 0 saturated carbocycles. The molecule has 8 heterocycles. The van der Waals surface area contributed by atoms with Gasteiger partial charge in [-0.2, -0.15) is 0 Å². The Kier molecular flexibility index (Phi) is 17.8. The molecule has 2 fully saturated rings. The SMILES string of the molecule is C.C.CC(C)[Si](O[C@@H]1[C@H](OC(=O)O)[C@@H](CO)O[C@H]1n1cnc2c(=O)[nH]c3nccn3c21)(C(C)C)C(C)C.CC[C@H]1O[C@@H](n2cnc3c(=O)[nH]c4nccn4c32)[C@H](O[Si](C(C)C)(C(C)C)C(C)C)[C@@H]1OC(=O)O. The van der Waals surface area contributed by atoms with Crippen molar-refractivity contribution >= 4 is 62.8 Å². The lowest BCUT2D eigenvalue weighted by atomic mass is 10.1. The lowest BCUT2D eigenvalue weighted by Gasteiger charge is -2.45. The fraction of sp³-hybridized carbons (Fsp3) is 0.660. The minimum atomic E-state index is -2.56. The third kappa shape index (κ3) is 9.87. The number of nitrogens with one attached hydrogen (secondary N) is 2. The summed E-state index contributed by atoms with van der Waals surface area (Å²) in [5.74, 6) is 0.701. The first-order chi connectivity index (χ1) is 33.0. The second-order valence-corrected chi connectivity index (χ2v) is 30.8. The fourth-order valence-corrected chi connectivity index (χ4v) is 22.8. The van der Waals surface area contributed by atoms with E-state index < -0.39 is 90.2 Å². The molecule has 0 unspecified atom stereocenters. The van der Waals surface area contributed by atoms with E-state index in [-0.39, 0.29) is 64.7 Å². The van der Waals surface area contributed by atoms with Gasteiger partial charge in [-0.25, -0.2) is 29.5 Å². The van der Waals surface area contributed by atoms with Crippen molar-refractivity contribution in [2.75, 3.05) is 6.61 Å². The number of aliphatic hydroxyl groups is 1. The Hall–Kier alpha value is -5.45. The number of hydrogen-bond donors (Lipinski definition) is 5. The Balaban J connectivity index is 0.000000260. The second-order valence-electron chi connectivity index (χ2n) is 20.0. The molecule has 400 valence electrons. The van der Waals surface area contributed by atoms with Gasteiger partial charge in [0.05, 0.1) is 25.4 Å². The van der Waals surface area contributed by atoms with Gasteiger partial charge in [0.15, 0.2) is 47.0 Å². The first-order valence-electron chi connectivity index (χ1n) is 24.0. The van der Waals surface area contributed by atoms with Crippen molar-refractivity contribution in [3.8, 4) is 0 Å². The lowest BCUT2D eigenvalue weighted by molar-refractivity contribution is -0.0532. The first-order valence-corrected chi connectivity index (χ1v) is 28.2. The summed E-state index contributed by atoms with van der Waals surface area (Å²) in [5, 5.41) is 29.1. The van der Waals surface area contributed by atoms with Crippen molar-refractivity contribution in [1.29, 1.82) is 0 Å². The number of carbonyl (C=O) groups is 2. The first kappa shape index (κ1) is 57.5. The number of nitrogens with zero attached hydrogens (tertiary/aromatic N) is 8. The minimum Gasteiger partial charge on any atom is -0.450 e. The Morgan fingerprint density at radius 2 is 0.958 bits per heavy atom. The molecular formula is C47H76N10O13Si2. The molecule has 0 amide bonds. The van der Waals surface area contributed by atoms with Gasteiger partial charge in [0.25, 0.3) is 11.1 Å². The highest BCUT2D eigenvalue weighted by Gasteiger charge is 2.57. The normalized spacial score (nSPS) is 22.7. The van der Waals surface area contributed by atoms with E-state index in [1.165, 1.54) is 6.33 Å². The number of ether oxygens (including phenoxy) is 4. The molecule has 25 heteroatoms. The topological polar surface area (TPSA) is 286 Å². The lowest BCUT2D eigenvalue weighted by Crippen LogP contribution is -2.54. The van der Waals surface area contributed by atoms with Gasteiger partial charge < -0.3 is 43.1 Å². The standard InChI is InChI=1S/C23H35N5O6Si.C22H33N5O7Si.2CH4/c1-8-15-17(33-23(30)31)18(34-35(12(2)3,13(4)5)14(6)7)21(32-15)28-11-25-16-19(29)26-22-24-9-10-27(22)20(16)28;1-11(2)35(12(3)4,13(5)6)34-17-16(33-22(30)31)14(9-28)32-20(17)27-10-24-15-18(29)25-21-23-7-8-26(21)19(15)27;;/h9-15,17-18,21H,8H2,1-7H3,(H,30,31)(H,24,26,29);7-8,10-14,16-17,20,28H,9H2,1-6H3,(H,30,31)(H,23,25,29);2*1H4/t15-,17-,18-,21-;14-,16-,17-,20-;;/m11../s1. The van der Waals surface area contributed by atoms with Gasteiger partial charge in [0, 0.05) is 24.8 Å². The van der Waals surface area contributed by atoms with Gasteiger partial charge in [-0.1, -0.05) is 105 Å². The highest BCUT2D eigenvalue weighted by atomic mass is 28.4. The van der Waals surface area contributed by atoms with Crippen LogP contribution in [0, 0.1) is 0 Å². The van der Waals surface area contributed by atoms with Crippen molar-refractivity contribution in [1.82, 2.24) is 47.8 Å². The molecule has 2 aliphatic heterocycles. The summed E-state index contributed by atoms with van der Waals surface area (Å²) < 4.78 is 44.2. The molecule has 6 aromatic rings. The summed E-state index contributed by atoms with van der Waals surface area (Å²) in [4.78, 5) is 71.1.